The molecule has 2 aromatic rings. The van der Waals surface area contributed by atoms with Gasteiger partial charge in [0, 0.05) is 15.6 Å². The Balaban J connectivity index is 2.62. The predicted molar refractivity (Wildman–Crippen MR) is 77.7 cm³/mol. The van der Waals surface area contributed by atoms with Crippen LogP contribution in [0.15, 0.2) is 28.7 Å². The maximum atomic E-state index is 5.94. The molecule has 1 heterocycles. The van der Waals surface area contributed by atoms with Gasteiger partial charge in [0.1, 0.15) is 5.82 Å². The van der Waals surface area contributed by atoms with Gasteiger partial charge in [-0.3, -0.25) is 0 Å². The Kier molecular flexibility index (Phi) is 3.78. The molecule has 18 heavy (non-hydrogen) atoms. The van der Waals surface area contributed by atoms with E-state index in [2.05, 4.69) is 51.5 Å². The number of hydrogen-bond donors (Lipinski definition) is 0. The van der Waals surface area contributed by atoms with Crippen LogP contribution in [0.2, 0.25) is 0 Å². The van der Waals surface area contributed by atoms with Crippen LogP contribution in [0, 0.1) is 0 Å². The molecule has 0 radical (unpaired) electrons. The van der Waals surface area contributed by atoms with Gasteiger partial charge in [0.25, 0.3) is 0 Å². The highest BCUT2D eigenvalue weighted by Crippen LogP contribution is 2.28. The fraction of sp³-hybridized carbons (Fsp3) is 0.385. The highest BCUT2D eigenvalue weighted by molar-refractivity contribution is 9.10. The number of hydrogen-bond acceptors (Lipinski definition) is 2. The maximum absolute atomic E-state index is 5.94. The van der Waals surface area contributed by atoms with E-state index < -0.39 is 0 Å². The second-order valence-corrected chi connectivity index (χ2v) is 6.27. The van der Waals surface area contributed by atoms with E-state index >= 15 is 0 Å². The highest BCUT2D eigenvalue weighted by atomic mass is 79.9. The van der Waals surface area contributed by atoms with E-state index in [9.17, 15) is 0 Å². The first kappa shape index (κ1) is 13.6. The predicted octanol–water partition coefficient (Wildman–Crippen LogP) is 4.20. The molecule has 2 rings (SSSR count). The zero-order valence-electron chi connectivity index (χ0n) is 10.6. The van der Waals surface area contributed by atoms with Crippen molar-refractivity contribution in [3.8, 4) is 11.4 Å². The Hall–Kier alpha value is -0.870. The molecule has 0 amide bonds. The molecule has 0 fully saturated rings. The Bertz CT molecular complexity index is 558. The molecule has 5 heteroatoms. The first-order valence-electron chi connectivity index (χ1n) is 5.70. The van der Waals surface area contributed by atoms with E-state index in [1.54, 1.807) is 0 Å². The minimum absolute atomic E-state index is 0.106. The number of aromatic nitrogens is 3. The van der Waals surface area contributed by atoms with Gasteiger partial charge in [-0.2, -0.15) is 0 Å². The van der Waals surface area contributed by atoms with Crippen molar-refractivity contribution < 1.29 is 0 Å². The molecule has 0 spiro atoms. The van der Waals surface area contributed by atoms with Gasteiger partial charge in [-0.15, -0.1) is 21.8 Å². The Morgan fingerprint density at radius 1 is 1.28 bits per heavy atom. The van der Waals surface area contributed by atoms with Gasteiger partial charge >= 0.3 is 0 Å². The van der Waals surface area contributed by atoms with Crippen LogP contribution in [0.3, 0.4) is 0 Å². The van der Waals surface area contributed by atoms with Crippen LogP contribution < -0.4 is 0 Å². The third-order valence-electron chi connectivity index (χ3n) is 2.60. The second kappa shape index (κ2) is 5.02. The molecule has 0 aliphatic heterocycles. The number of rotatable bonds is 2. The zero-order valence-corrected chi connectivity index (χ0v) is 13.0. The van der Waals surface area contributed by atoms with Crippen molar-refractivity contribution in [3.05, 3.63) is 34.6 Å². The van der Waals surface area contributed by atoms with Crippen LogP contribution in [-0.2, 0) is 11.4 Å². The van der Waals surface area contributed by atoms with Crippen molar-refractivity contribution in [1.82, 2.24) is 14.8 Å². The van der Waals surface area contributed by atoms with Gasteiger partial charge < -0.3 is 4.57 Å². The Labute approximate surface area is 120 Å². The fourth-order valence-corrected chi connectivity index (χ4v) is 2.49. The van der Waals surface area contributed by atoms with Crippen molar-refractivity contribution in [2.45, 2.75) is 32.2 Å². The summed E-state index contributed by atoms with van der Waals surface area (Å²) in [4.78, 5) is 0. The minimum Gasteiger partial charge on any atom is -0.305 e. The third kappa shape index (κ3) is 2.59. The summed E-state index contributed by atoms with van der Waals surface area (Å²) in [6.07, 6.45) is 0. The summed E-state index contributed by atoms with van der Waals surface area (Å²) in [5, 5.41) is 8.45. The summed E-state index contributed by atoms with van der Waals surface area (Å²) < 4.78 is 3.11. The standard InChI is InChI=1S/C13H15BrClN3/c1-13(2,3)18-11(8-15)16-17-12(18)9-5-4-6-10(14)7-9/h4-7H,8H2,1-3H3. The van der Waals surface area contributed by atoms with Crippen molar-refractivity contribution in [2.24, 2.45) is 0 Å². The van der Waals surface area contributed by atoms with Gasteiger partial charge in [-0.25, -0.2) is 0 Å². The third-order valence-corrected chi connectivity index (χ3v) is 3.34. The molecule has 0 aliphatic carbocycles. The van der Waals surface area contributed by atoms with Gasteiger partial charge in [-0.1, -0.05) is 28.1 Å². The SMILES string of the molecule is CC(C)(C)n1c(CCl)nnc1-c1cccc(Br)c1. The normalized spacial score (nSPS) is 11.8. The monoisotopic (exact) mass is 327 g/mol. The zero-order chi connectivity index (χ0) is 13.3. The molecular weight excluding hydrogens is 314 g/mol. The molecule has 0 saturated heterocycles. The van der Waals surface area contributed by atoms with Crippen LogP contribution in [-0.4, -0.2) is 14.8 Å². The average molecular weight is 329 g/mol. The second-order valence-electron chi connectivity index (χ2n) is 5.09. The van der Waals surface area contributed by atoms with Crippen molar-refractivity contribution in [1.29, 1.82) is 0 Å². The lowest BCUT2D eigenvalue weighted by atomic mass is 10.1. The Morgan fingerprint density at radius 3 is 2.56 bits per heavy atom. The van der Waals surface area contributed by atoms with E-state index in [0.29, 0.717) is 5.88 Å². The minimum atomic E-state index is -0.106. The maximum Gasteiger partial charge on any atom is 0.164 e. The number of alkyl halides is 1. The van der Waals surface area contributed by atoms with Crippen LogP contribution in [0.25, 0.3) is 11.4 Å². The Morgan fingerprint density at radius 2 is 2.00 bits per heavy atom. The van der Waals surface area contributed by atoms with E-state index in [1.165, 1.54) is 0 Å². The van der Waals surface area contributed by atoms with E-state index in [4.69, 9.17) is 11.6 Å². The van der Waals surface area contributed by atoms with Gasteiger partial charge in [0.15, 0.2) is 5.82 Å². The molecule has 1 aromatic carbocycles. The van der Waals surface area contributed by atoms with Crippen LogP contribution in [0.4, 0.5) is 0 Å². The van der Waals surface area contributed by atoms with Crippen LogP contribution in [0.1, 0.15) is 26.6 Å². The van der Waals surface area contributed by atoms with Gasteiger partial charge in [0.05, 0.1) is 5.88 Å². The van der Waals surface area contributed by atoms with Crippen LogP contribution in [0.5, 0.6) is 0 Å². The molecule has 0 N–H and O–H groups in total. The lowest BCUT2D eigenvalue weighted by Crippen LogP contribution is -2.24. The molecule has 3 nitrogen and oxygen atoms in total. The quantitative estimate of drug-likeness (QED) is 0.773. The number of benzene rings is 1. The first-order chi connectivity index (χ1) is 8.43. The molecule has 1 aromatic heterocycles. The summed E-state index contributed by atoms with van der Waals surface area (Å²) in [7, 11) is 0. The molecule has 0 saturated carbocycles. The van der Waals surface area contributed by atoms with E-state index in [0.717, 1.165) is 21.7 Å². The smallest absolute Gasteiger partial charge is 0.164 e. The average Bonchev–Trinajstić information content (AvgIpc) is 2.72. The molecule has 0 aliphatic rings. The van der Waals surface area contributed by atoms with Gasteiger partial charge in [-0.05, 0) is 32.9 Å². The highest BCUT2D eigenvalue weighted by Gasteiger charge is 2.23. The lowest BCUT2D eigenvalue weighted by Gasteiger charge is -2.24. The molecule has 0 unspecified atom stereocenters. The molecule has 0 bridgehead atoms. The summed E-state index contributed by atoms with van der Waals surface area (Å²) in [5.74, 6) is 2.00. The molecular formula is C13H15BrClN3. The van der Waals surface area contributed by atoms with E-state index in [-0.39, 0.29) is 5.54 Å². The van der Waals surface area contributed by atoms with Crippen LogP contribution >= 0.6 is 27.5 Å². The topological polar surface area (TPSA) is 30.7 Å². The molecule has 0 atom stereocenters. The fourth-order valence-electron chi connectivity index (χ4n) is 1.92. The first-order valence-corrected chi connectivity index (χ1v) is 7.03. The summed E-state index contributed by atoms with van der Waals surface area (Å²) in [5.41, 5.74) is 0.925. The molecule has 96 valence electrons. The largest absolute Gasteiger partial charge is 0.305 e. The van der Waals surface area contributed by atoms with Crippen molar-refractivity contribution in [3.63, 3.8) is 0 Å². The van der Waals surface area contributed by atoms with Crippen molar-refractivity contribution >= 4 is 27.5 Å². The summed E-state index contributed by atoms with van der Waals surface area (Å²) in [6, 6.07) is 8.03. The lowest BCUT2D eigenvalue weighted by molar-refractivity contribution is 0.390. The van der Waals surface area contributed by atoms with E-state index in [1.807, 2.05) is 24.3 Å². The van der Waals surface area contributed by atoms with Gasteiger partial charge in [0.2, 0.25) is 0 Å². The van der Waals surface area contributed by atoms with Crippen molar-refractivity contribution in [2.75, 3.05) is 0 Å². The summed E-state index contributed by atoms with van der Waals surface area (Å²) in [6.45, 7) is 6.36. The number of halogens is 2. The summed E-state index contributed by atoms with van der Waals surface area (Å²) >= 11 is 9.41. The number of nitrogens with zero attached hydrogens (tertiary/aromatic N) is 3.